The summed E-state index contributed by atoms with van der Waals surface area (Å²) in [6.45, 7) is 4.67. The second-order valence-corrected chi connectivity index (χ2v) is 8.38. The van der Waals surface area contributed by atoms with Crippen molar-refractivity contribution in [1.29, 1.82) is 0 Å². The fourth-order valence-electron chi connectivity index (χ4n) is 3.77. The van der Waals surface area contributed by atoms with Crippen molar-refractivity contribution < 1.29 is 14.3 Å². The molecule has 0 saturated carbocycles. The molecule has 0 bridgehead atoms. The van der Waals surface area contributed by atoms with Crippen molar-refractivity contribution in [2.45, 2.75) is 19.8 Å². The molecular weight excluding hydrogens is 410 g/mol. The fraction of sp³-hybridized carbons (Fsp3) is 0.333. The van der Waals surface area contributed by atoms with Crippen LogP contribution in [0.25, 0.3) is 6.08 Å². The van der Waals surface area contributed by atoms with E-state index >= 15 is 0 Å². The maximum Gasteiger partial charge on any atom is 0.266 e. The second kappa shape index (κ2) is 9.47. The Hall–Kier alpha value is -2.93. The van der Waals surface area contributed by atoms with Crippen LogP contribution in [0.15, 0.2) is 52.4 Å². The molecule has 2 aliphatic heterocycles. The van der Waals surface area contributed by atoms with E-state index in [2.05, 4.69) is 22.0 Å². The first-order valence-electron chi connectivity index (χ1n) is 10.5. The highest BCUT2D eigenvalue weighted by Crippen LogP contribution is 2.36. The van der Waals surface area contributed by atoms with Gasteiger partial charge in [0.25, 0.3) is 5.91 Å². The zero-order valence-electron chi connectivity index (χ0n) is 18.1. The SMILES string of the molecule is CCN1C(=O)/C(=C\c2ccc(N3CCCC3)cc2OC)SC1=Nc1ccc(OC)cc1. The number of hydrogen-bond acceptors (Lipinski definition) is 6. The normalized spacial score (nSPS) is 19.0. The Kier molecular flexibility index (Phi) is 6.51. The summed E-state index contributed by atoms with van der Waals surface area (Å²) >= 11 is 1.39. The number of aliphatic imine (C=N–C) groups is 1. The van der Waals surface area contributed by atoms with Gasteiger partial charge in [0.1, 0.15) is 11.5 Å². The van der Waals surface area contributed by atoms with E-state index in [0.717, 1.165) is 35.8 Å². The van der Waals surface area contributed by atoms with E-state index in [4.69, 9.17) is 9.47 Å². The van der Waals surface area contributed by atoms with Crippen molar-refractivity contribution in [2.24, 2.45) is 4.99 Å². The number of carbonyl (C=O) groups excluding carboxylic acids is 1. The molecule has 0 atom stereocenters. The van der Waals surface area contributed by atoms with Crippen LogP contribution < -0.4 is 14.4 Å². The first kappa shape index (κ1) is 21.3. The highest BCUT2D eigenvalue weighted by atomic mass is 32.2. The van der Waals surface area contributed by atoms with Crippen molar-refractivity contribution in [1.82, 2.24) is 4.90 Å². The summed E-state index contributed by atoms with van der Waals surface area (Å²) in [6.07, 6.45) is 4.35. The van der Waals surface area contributed by atoms with Gasteiger partial charge in [-0.3, -0.25) is 9.69 Å². The summed E-state index contributed by atoms with van der Waals surface area (Å²) in [6, 6.07) is 13.7. The third kappa shape index (κ3) is 4.56. The number of hydrogen-bond donors (Lipinski definition) is 0. The van der Waals surface area contributed by atoms with Crippen LogP contribution in [0.4, 0.5) is 11.4 Å². The average molecular weight is 438 g/mol. The van der Waals surface area contributed by atoms with E-state index in [1.807, 2.05) is 43.3 Å². The first-order chi connectivity index (χ1) is 15.1. The molecule has 7 heteroatoms. The van der Waals surface area contributed by atoms with Crippen molar-refractivity contribution in [3.05, 3.63) is 52.9 Å². The largest absolute Gasteiger partial charge is 0.497 e. The molecular formula is C24H27N3O3S. The minimum absolute atomic E-state index is 0.0366. The van der Waals surface area contributed by atoms with Crippen LogP contribution in [0.2, 0.25) is 0 Å². The Balaban J connectivity index is 1.61. The highest BCUT2D eigenvalue weighted by Gasteiger charge is 2.32. The standard InChI is InChI=1S/C24H27N3O3S/c1-4-27-23(28)22(31-24(27)25-18-8-11-20(29-2)12-9-18)15-17-7-10-19(16-21(17)30-3)26-13-5-6-14-26/h7-12,15-16H,4-6,13-14H2,1-3H3/b22-15+,25-24?. The van der Waals surface area contributed by atoms with Gasteiger partial charge in [-0.05, 0) is 74.0 Å². The van der Waals surface area contributed by atoms with Crippen molar-refractivity contribution in [3.8, 4) is 11.5 Å². The number of methoxy groups -OCH3 is 2. The lowest BCUT2D eigenvalue weighted by molar-refractivity contribution is -0.122. The zero-order valence-corrected chi connectivity index (χ0v) is 18.9. The number of carbonyl (C=O) groups is 1. The van der Waals surface area contributed by atoms with Gasteiger partial charge in [-0.2, -0.15) is 0 Å². The summed E-state index contributed by atoms with van der Waals surface area (Å²) in [5.41, 5.74) is 2.84. The smallest absolute Gasteiger partial charge is 0.266 e. The molecule has 2 saturated heterocycles. The number of thioether (sulfide) groups is 1. The molecule has 4 rings (SSSR count). The van der Waals surface area contributed by atoms with Crippen LogP contribution in [0.1, 0.15) is 25.3 Å². The quantitative estimate of drug-likeness (QED) is 0.600. The number of anilines is 1. The van der Waals surface area contributed by atoms with Crippen LogP contribution >= 0.6 is 11.8 Å². The van der Waals surface area contributed by atoms with Crippen LogP contribution in [-0.4, -0.2) is 49.8 Å². The molecule has 162 valence electrons. The average Bonchev–Trinajstić information content (AvgIpc) is 3.43. The van der Waals surface area contributed by atoms with Gasteiger partial charge in [-0.25, -0.2) is 4.99 Å². The van der Waals surface area contributed by atoms with Gasteiger partial charge in [0, 0.05) is 37.0 Å². The van der Waals surface area contributed by atoms with E-state index in [0.29, 0.717) is 16.6 Å². The van der Waals surface area contributed by atoms with Crippen LogP contribution in [0.3, 0.4) is 0 Å². The molecule has 31 heavy (non-hydrogen) atoms. The predicted molar refractivity (Wildman–Crippen MR) is 127 cm³/mol. The van der Waals surface area contributed by atoms with Crippen molar-refractivity contribution in [2.75, 3.05) is 38.8 Å². The zero-order chi connectivity index (χ0) is 21.8. The molecule has 2 aromatic rings. The monoisotopic (exact) mass is 437 g/mol. The number of rotatable bonds is 6. The predicted octanol–water partition coefficient (Wildman–Crippen LogP) is 4.93. The van der Waals surface area contributed by atoms with E-state index in [1.165, 1.54) is 30.3 Å². The number of amidine groups is 1. The van der Waals surface area contributed by atoms with E-state index in [-0.39, 0.29) is 5.91 Å². The number of benzene rings is 2. The first-order valence-corrected chi connectivity index (χ1v) is 11.3. The van der Waals surface area contributed by atoms with Gasteiger partial charge in [0.05, 0.1) is 24.8 Å². The molecule has 2 aromatic carbocycles. The number of nitrogens with zero attached hydrogens (tertiary/aromatic N) is 3. The lowest BCUT2D eigenvalue weighted by Crippen LogP contribution is -2.28. The molecule has 2 fully saturated rings. The molecule has 2 aliphatic rings. The number of likely N-dealkylation sites (N-methyl/N-ethyl adjacent to an activating group) is 1. The minimum atomic E-state index is -0.0366. The number of amides is 1. The molecule has 1 amide bonds. The van der Waals surface area contributed by atoms with E-state index < -0.39 is 0 Å². The molecule has 6 nitrogen and oxygen atoms in total. The van der Waals surface area contributed by atoms with E-state index in [9.17, 15) is 4.79 Å². The molecule has 0 aromatic heterocycles. The van der Waals surface area contributed by atoms with Crippen LogP contribution in [0, 0.1) is 0 Å². The Morgan fingerprint density at radius 1 is 1.06 bits per heavy atom. The van der Waals surface area contributed by atoms with Gasteiger partial charge in [0.2, 0.25) is 0 Å². The van der Waals surface area contributed by atoms with Gasteiger partial charge in [-0.15, -0.1) is 0 Å². The van der Waals surface area contributed by atoms with Gasteiger partial charge in [-0.1, -0.05) is 0 Å². The Labute approximate surface area is 187 Å². The Morgan fingerprint density at radius 2 is 1.81 bits per heavy atom. The summed E-state index contributed by atoms with van der Waals surface area (Å²) in [4.78, 5) is 22.4. The highest BCUT2D eigenvalue weighted by molar-refractivity contribution is 8.18. The molecule has 0 unspecified atom stereocenters. The molecule has 0 N–H and O–H groups in total. The molecule has 0 radical (unpaired) electrons. The van der Waals surface area contributed by atoms with Gasteiger partial charge >= 0.3 is 0 Å². The van der Waals surface area contributed by atoms with E-state index in [1.54, 1.807) is 19.1 Å². The van der Waals surface area contributed by atoms with Crippen molar-refractivity contribution >= 4 is 40.3 Å². The van der Waals surface area contributed by atoms with Crippen LogP contribution in [-0.2, 0) is 4.79 Å². The third-order valence-electron chi connectivity index (χ3n) is 5.48. The minimum Gasteiger partial charge on any atom is -0.497 e. The summed E-state index contributed by atoms with van der Waals surface area (Å²) in [5.74, 6) is 1.51. The fourth-order valence-corrected chi connectivity index (χ4v) is 4.82. The van der Waals surface area contributed by atoms with Crippen LogP contribution in [0.5, 0.6) is 11.5 Å². The maximum absolute atomic E-state index is 13.0. The molecule has 0 spiro atoms. The lowest BCUT2D eigenvalue weighted by Gasteiger charge is -2.19. The second-order valence-electron chi connectivity index (χ2n) is 7.37. The molecule has 2 heterocycles. The summed E-state index contributed by atoms with van der Waals surface area (Å²) in [5, 5.41) is 0.677. The third-order valence-corrected chi connectivity index (χ3v) is 6.48. The molecule has 0 aliphatic carbocycles. The lowest BCUT2D eigenvalue weighted by atomic mass is 10.1. The Bertz CT molecular complexity index is 1010. The summed E-state index contributed by atoms with van der Waals surface area (Å²) in [7, 11) is 3.30. The number of ether oxygens (including phenoxy) is 2. The van der Waals surface area contributed by atoms with Gasteiger partial charge in [0.15, 0.2) is 5.17 Å². The van der Waals surface area contributed by atoms with Crippen molar-refractivity contribution in [3.63, 3.8) is 0 Å². The topological polar surface area (TPSA) is 54.4 Å². The maximum atomic E-state index is 13.0. The Morgan fingerprint density at radius 3 is 2.45 bits per heavy atom. The van der Waals surface area contributed by atoms with Gasteiger partial charge < -0.3 is 14.4 Å². The summed E-state index contributed by atoms with van der Waals surface area (Å²) < 4.78 is 10.8.